The highest BCUT2D eigenvalue weighted by molar-refractivity contribution is 6.00. The molecule has 0 aliphatic heterocycles. The quantitative estimate of drug-likeness (QED) is 0.175. The summed E-state index contributed by atoms with van der Waals surface area (Å²) in [7, 11) is 0. The number of hydrogen-bond acceptors (Lipinski definition) is 1. The third kappa shape index (κ3) is 4.76. The smallest absolute Gasteiger partial charge is 0.123 e. The van der Waals surface area contributed by atoms with Gasteiger partial charge in [-0.2, -0.15) is 0 Å². The lowest BCUT2D eigenvalue weighted by Crippen LogP contribution is -2.28. The van der Waals surface area contributed by atoms with Gasteiger partial charge in [0, 0.05) is 16.9 Å². The SMILES string of the molecule is Cc1ccc2c(c1)C1(c3cc(C)ccc3-2)c2cc(F)ccc2-c2cccc(N(c3ccc(-c4ccccc4)cc3)c3ccc(-c4ccccc4)cc3)c21. The molecule has 0 atom stereocenters. The average Bonchev–Trinajstić information content (AvgIpc) is 3.65. The van der Waals surface area contributed by atoms with Gasteiger partial charge in [0.25, 0.3) is 0 Å². The summed E-state index contributed by atoms with van der Waals surface area (Å²) in [6.45, 7) is 4.32. The minimum Gasteiger partial charge on any atom is -0.310 e. The van der Waals surface area contributed by atoms with Gasteiger partial charge in [0.05, 0.1) is 11.1 Å². The summed E-state index contributed by atoms with van der Waals surface area (Å²) in [6.07, 6.45) is 0. The van der Waals surface area contributed by atoms with E-state index in [9.17, 15) is 0 Å². The first-order chi connectivity index (χ1) is 26.0. The number of benzene rings is 8. The zero-order chi connectivity index (χ0) is 35.7. The predicted octanol–water partition coefficient (Wildman–Crippen LogP) is 13.6. The van der Waals surface area contributed by atoms with Crippen LogP contribution in [0.1, 0.15) is 33.4 Å². The third-order valence-electron chi connectivity index (χ3n) is 11.2. The second-order valence-electron chi connectivity index (χ2n) is 14.4. The summed E-state index contributed by atoms with van der Waals surface area (Å²) < 4.78 is 15.7. The summed E-state index contributed by atoms with van der Waals surface area (Å²) in [5, 5.41) is 0. The van der Waals surface area contributed by atoms with Crippen molar-refractivity contribution in [3.05, 3.63) is 221 Å². The van der Waals surface area contributed by atoms with Crippen molar-refractivity contribution in [3.8, 4) is 44.5 Å². The Labute approximate surface area is 310 Å². The fourth-order valence-corrected chi connectivity index (χ4v) is 8.95. The molecule has 0 amide bonds. The molecule has 1 nitrogen and oxygen atoms in total. The zero-order valence-electron chi connectivity index (χ0n) is 29.6. The van der Waals surface area contributed by atoms with Crippen LogP contribution >= 0.6 is 0 Å². The highest BCUT2D eigenvalue weighted by atomic mass is 19.1. The van der Waals surface area contributed by atoms with Gasteiger partial charge >= 0.3 is 0 Å². The molecule has 0 radical (unpaired) electrons. The normalized spacial score (nSPS) is 13.0. The van der Waals surface area contributed by atoms with Crippen LogP contribution < -0.4 is 4.90 Å². The topological polar surface area (TPSA) is 3.24 Å². The Hall–Kier alpha value is -6.51. The van der Waals surface area contributed by atoms with Crippen molar-refractivity contribution >= 4 is 17.1 Å². The molecule has 8 aromatic carbocycles. The van der Waals surface area contributed by atoms with Gasteiger partial charge in [-0.3, -0.25) is 0 Å². The fraction of sp³-hybridized carbons (Fsp3) is 0.0588. The van der Waals surface area contributed by atoms with Crippen molar-refractivity contribution in [2.45, 2.75) is 19.3 Å². The maximum atomic E-state index is 15.7. The first-order valence-corrected chi connectivity index (χ1v) is 18.3. The molecule has 0 N–H and O–H groups in total. The molecule has 0 aromatic heterocycles. The van der Waals surface area contributed by atoms with Crippen LogP contribution in [0, 0.1) is 19.7 Å². The maximum Gasteiger partial charge on any atom is 0.123 e. The second kappa shape index (κ2) is 12.0. The summed E-state index contributed by atoms with van der Waals surface area (Å²) in [6, 6.07) is 64.4. The van der Waals surface area contributed by atoms with Gasteiger partial charge < -0.3 is 4.90 Å². The first-order valence-electron chi connectivity index (χ1n) is 18.3. The van der Waals surface area contributed by atoms with Crippen LogP contribution in [0.2, 0.25) is 0 Å². The summed E-state index contributed by atoms with van der Waals surface area (Å²) >= 11 is 0. The van der Waals surface area contributed by atoms with E-state index < -0.39 is 5.41 Å². The van der Waals surface area contributed by atoms with E-state index in [0.717, 1.165) is 44.9 Å². The molecule has 1 spiro atoms. The number of rotatable bonds is 5. The monoisotopic (exact) mass is 681 g/mol. The largest absolute Gasteiger partial charge is 0.310 e. The minimum atomic E-state index is -0.724. The van der Waals surface area contributed by atoms with Gasteiger partial charge in [-0.05, 0) is 118 Å². The second-order valence-corrected chi connectivity index (χ2v) is 14.4. The van der Waals surface area contributed by atoms with Crippen molar-refractivity contribution in [1.29, 1.82) is 0 Å². The first kappa shape index (κ1) is 31.2. The molecule has 8 aromatic rings. The molecule has 252 valence electrons. The Morgan fingerprint density at radius 1 is 0.396 bits per heavy atom. The van der Waals surface area contributed by atoms with Crippen molar-refractivity contribution < 1.29 is 4.39 Å². The Bertz CT molecular complexity index is 2520. The van der Waals surface area contributed by atoms with Crippen LogP contribution in [0.4, 0.5) is 21.5 Å². The molecule has 2 heteroatoms. The molecular formula is C51H36FN. The van der Waals surface area contributed by atoms with Gasteiger partial charge in [0.1, 0.15) is 5.82 Å². The summed E-state index contributed by atoms with van der Waals surface area (Å²) in [5.41, 5.74) is 18.7. The van der Waals surface area contributed by atoms with Crippen molar-refractivity contribution in [2.24, 2.45) is 0 Å². The summed E-state index contributed by atoms with van der Waals surface area (Å²) in [5.74, 6) is -0.224. The molecular weight excluding hydrogens is 646 g/mol. The molecule has 2 aliphatic carbocycles. The number of nitrogens with zero attached hydrogens (tertiary/aromatic N) is 1. The van der Waals surface area contributed by atoms with Crippen LogP contribution in [0.25, 0.3) is 44.5 Å². The molecule has 53 heavy (non-hydrogen) atoms. The van der Waals surface area contributed by atoms with Crippen LogP contribution in [0.5, 0.6) is 0 Å². The van der Waals surface area contributed by atoms with Crippen LogP contribution in [0.15, 0.2) is 182 Å². The van der Waals surface area contributed by atoms with Crippen LogP contribution in [-0.2, 0) is 5.41 Å². The average molecular weight is 682 g/mol. The molecule has 0 bridgehead atoms. The van der Waals surface area contributed by atoms with E-state index in [1.807, 2.05) is 6.07 Å². The highest BCUT2D eigenvalue weighted by Crippen LogP contribution is 2.65. The fourth-order valence-electron chi connectivity index (χ4n) is 8.95. The van der Waals surface area contributed by atoms with Crippen LogP contribution in [0.3, 0.4) is 0 Å². The minimum absolute atomic E-state index is 0.224. The lowest BCUT2D eigenvalue weighted by molar-refractivity contribution is 0.622. The lowest BCUT2D eigenvalue weighted by Gasteiger charge is -2.36. The Balaban J connectivity index is 1.27. The van der Waals surface area contributed by atoms with E-state index in [4.69, 9.17) is 0 Å². The maximum absolute atomic E-state index is 15.7. The van der Waals surface area contributed by atoms with Gasteiger partial charge in [-0.15, -0.1) is 0 Å². The summed E-state index contributed by atoms with van der Waals surface area (Å²) in [4.78, 5) is 2.40. The number of anilines is 3. The zero-order valence-corrected chi connectivity index (χ0v) is 29.6. The van der Waals surface area contributed by atoms with E-state index in [0.29, 0.717) is 0 Å². The number of aryl methyl sites for hydroxylation is 2. The van der Waals surface area contributed by atoms with E-state index >= 15 is 4.39 Å². The Morgan fingerprint density at radius 2 is 0.849 bits per heavy atom. The molecule has 0 saturated heterocycles. The van der Waals surface area contributed by atoms with Crippen molar-refractivity contribution in [1.82, 2.24) is 0 Å². The molecule has 0 unspecified atom stereocenters. The van der Waals surface area contributed by atoms with Gasteiger partial charge in [0.2, 0.25) is 0 Å². The van der Waals surface area contributed by atoms with Crippen LogP contribution in [-0.4, -0.2) is 0 Å². The van der Waals surface area contributed by atoms with Gasteiger partial charge in [-0.25, -0.2) is 4.39 Å². The Kier molecular flexibility index (Phi) is 7.10. The van der Waals surface area contributed by atoms with Crippen molar-refractivity contribution in [3.63, 3.8) is 0 Å². The van der Waals surface area contributed by atoms with E-state index in [1.165, 1.54) is 50.1 Å². The molecule has 10 rings (SSSR count). The molecule has 0 fully saturated rings. The standard InChI is InChI=1S/C51H36FN/c1-33-16-27-42-43-28-17-34(2)31-47(43)51(46(42)30-33)48-32-39(52)22-29-44(48)45-14-9-15-49(50(45)51)53(40-23-18-37(19-24-40)35-10-5-3-6-11-35)41-25-20-38(21-26-41)36-12-7-4-8-13-36/h3-32H,1-2H3. The molecule has 0 heterocycles. The molecule has 2 aliphatic rings. The van der Waals surface area contributed by atoms with E-state index in [-0.39, 0.29) is 5.82 Å². The third-order valence-corrected chi connectivity index (χ3v) is 11.2. The van der Waals surface area contributed by atoms with Gasteiger partial charge in [-0.1, -0.05) is 151 Å². The van der Waals surface area contributed by atoms with E-state index in [1.54, 1.807) is 12.1 Å². The lowest BCUT2D eigenvalue weighted by atomic mass is 9.69. The number of hydrogen-bond donors (Lipinski definition) is 0. The number of halogens is 1. The molecule has 0 saturated carbocycles. The highest BCUT2D eigenvalue weighted by Gasteiger charge is 2.53. The van der Waals surface area contributed by atoms with Crippen molar-refractivity contribution in [2.75, 3.05) is 4.90 Å². The number of fused-ring (bicyclic) bond motifs is 10. The predicted molar refractivity (Wildman–Crippen MR) is 218 cm³/mol. The Morgan fingerprint density at radius 3 is 1.38 bits per heavy atom. The van der Waals surface area contributed by atoms with E-state index in [2.05, 4.69) is 183 Å². The van der Waals surface area contributed by atoms with Gasteiger partial charge in [0.15, 0.2) is 0 Å².